The summed E-state index contributed by atoms with van der Waals surface area (Å²) >= 11 is 0. The van der Waals surface area contributed by atoms with E-state index in [-0.39, 0.29) is 5.78 Å². The third kappa shape index (κ3) is 5.41. The first kappa shape index (κ1) is 15.7. The van der Waals surface area contributed by atoms with Crippen LogP contribution < -0.4 is 4.74 Å². The molecule has 4 heteroatoms. The van der Waals surface area contributed by atoms with Crippen molar-refractivity contribution >= 4 is 5.78 Å². The fourth-order valence-electron chi connectivity index (χ4n) is 1.82. The van der Waals surface area contributed by atoms with Gasteiger partial charge in [0.15, 0.2) is 5.78 Å². The summed E-state index contributed by atoms with van der Waals surface area (Å²) in [6, 6.07) is 7.35. The number of para-hydroxylation sites is 1. The van der Waals surface area contributed by atoms with Crippen LogP contribution in [0.5, 0.6) is 5.75 Å². The molecule has 106 valence electrons. The van der Waals surface area contributed by atoms with E-state index in [1.807, 2.05) is 18.2 Å². The molecule has 0 aliphatic heterocycles. The maximum Gasteiger partial charge on any atom is 0.163 e. The molecule has 1 rings (SSSR count). The maximum atomic E-state index is 11.5. The summed E-state index contributed by atoms with van der Waals surface area (Å²) in [7, 11) is 1.70. The molecule has 0 spiro atoms. The average molecular weight is 265 g/mol. The molecule has 0 bridgehead atoms. The first-order valence-electron chi connectivity index (χ1n) is 6.63. The molecule has 19 heavy (non-hydrogen) atoms. The Kier molecular flexibility index (Phi) is 7.15. The monoisotopic (exact) mass is 265 g/mol. The van der Waals surface area contributed by atoms with Crippen molar-refractivity contribution in [3.05, 3.63) is 29.8 Å². The van der Waals surface area contributed by atoms with Gasteiger partial charge in [0.1, 0.15) is 12.4 Å². The van der Waals surface area contributed by atoms with Gasteiger partial charge in [0.05, 0.1) is 12.2 Å². The largest absolute Gasteiger partial charge is 0.491 e. The van der Waals surface area contributed by atoms with Gasteiger partial charge in [0, 0.05) is 20.2 Å². The first-order chi connectivity index (χ1) is 9.19. The van der Waals surface area contributed by atoms with Gasteiger partial charge < -0.3 is 9.47 Å². The third-order valence-corrected chi connectivity index (χ3v) is 2.99. The molecule has 4 nitrogen and oxygen atoms in total. The van der Waals surface area contributed by atoms with E-state index in [9.17, 15) is 4.79 Å². The number of hydrogen-bond acceptors (Lipinski definition) is 4. The maximum absolute atomic E-state index is 11.5. The summed E-state index contributed by atoms with van der Waals surface area (Å²) in [5.74, 6) is 0.695. The number of ether oxygens (including phenoxy) is 2. The average Bonchev–Trinajstić information content (AvgIpc) is 2.43. The molecule has 0 fully saturated rings. The van der Waals surface area contributed by atoms with Crippen LogP contribution in [0.15, 0.2) is 24.3 Å². The molecule has 0 heterocycles. The minimum atomic E-state index is 0.0299. The second kappa shape index (κ2) is 8.67. The predicted octanol–water partition coefficient (Wildman–Crippen LogP) is 2.24. The van der Waals surface area contributed by atoms with Crippen LogP contribution in [0.1, 0.15) is 24.2 Å². The molecule has 0 radical (unpaired) electrons. The van der Waals surface area contributed by atoms with Crippen LogP contribution in [-0.2, 0) is 4.74 Å². The van der Waals surface area contributed by atoms with Gasteiger partial charge in [-0.05, 0) is 25.6 Å². The number of methoxy groups -OCH3 is 1. The highest BCUT2D eigenvalue weighted by Crippen LogP contribution is 2.18. The molecule has 0 atom stereocenters. The van der Waals surface area contributed by atoms with Crippen molar-refractivity contribution < 1.29 is 14.3 Å². The molecule has 0 aromatic heterocycles. The van der Waals surface area contributed by atoms with Gasteiger partial charge in [-0.25, -0.2) is 0 Å². The zero-order valence-corrected chi connectivity index (χ0v) is 12.0. The fraction of sp³-hybridized carbons (Fsp3) is 0.533. The number of carbonyl (C=O) groups is 1. The van der Waals surface area contributed by atoms with Crippen LogP contribution in [-0.4, -0.2) is 50.6 Å². The Morgan fingerprint density at radius 1 is 1.21 bits per heavy atom. The Labute approximate surface area is 115 Å². The van der Waals surface area contributed by atoms with Gasteiger partial charge >= 0.3 is 0 Å². The Morgan fingerprint density at radius 3 is 2.53 bits per heavy atom. The van der Waals surface area contributed by atoms with Gasteiger partial charge in [-0.1, -0.05) is 19.1 Å². The normalized spacial score (nSPS) is 10.7. The number of ketones is 1. The molecule has 0 unspecified atom stereocenters. The van der Waals surface area contributed by atoms with Gasteiger partial charge in [0.25, 0.3) is 0 Å². The first-order valence-corrected chi connectivity index (χ1v) is 6.63. The molecule has 0 N–H and O–H groups in total. The molecule has 0 amide bonds. The van der Waals surface area contributed by atoms with Gasteiger partial charge in [0.2, 0.25) is 0 Å². The topological polar surface area (TPSA) is 38.8 Å². The van der Waals surface area contributed by atoms with E-state index < -0.39 is 0 Å². The zero-order chi connectivity index (χ0) is 14.1. The molecule has 0 aliphatic rings. The van der Waals surface area contributed by atoms with E-state index >= 15 is 0 Å². The van der Waals surface area contributed by atoms with Gasteiger partial charge in [-0.15, -0.1) is 0 Å². The van der Waals surface area contributed by atoms with E-state index in [4.69, 9.17) is 9.47 Å². The van der Waals surface area contributed by atoms with E-state index in [1.165, 1.54) is 0 Å². The third-order valence-electron chi connectivity index (χ3n) is 2.99. The summed E-state index contributed by atoms with van der Waals surface area (Å²) < 4.78 is 10.8. The lowest BCUT2D eigenvalue weighted by atomic mass is 10.1. The van der Waals surface area contributed by atoms with Crippen LogP contribution >= 0.6 is 0 Å². The van der Waals surface area contributed by atoms with Crippen molar-refractivity contribution in [2.45, 2.75) is 13.8 Å². The summed E-state index contributed by atoms with van der Waals surface area (Å²) in [5, 5.41) is 0. The molecule has 0 aliphatic carbocycles. The van der Waals surface area contributed by atoms with Gasteiger partial charge in [-0.2, -0.15) is 0 Å². The van der Waals surface area contributed by atoms with Crippen molar-refractivity contribution in [1.29, 1.82) is 0 Å². The number of Topliss-reactive ketones (excluding diaryl/α,β-unsaturated/α-hetero) is 1. The number of carbonyl (C=O) groups excluding carboxylic acids is 1. The van der Waals surface area contributed by atoms with E-state index in [2.05, 4.69) is 11.8 Å². The Balaban J connectivity index is 2.46. The SMILES string of the molecule is CCN(CCOC)CCOc1ccccc1C(C)=O. The summed E-state index contributed by atoms with van der Waals surface area (Å²) in [4.78, 5) is 13.7. The second-order valence-corrected chi connectivity index (χ2v) is 4.33. The van der Waals surface area contributed by atoms with E-state index in [0.717, 1.165) is 26.2 Å². The number of likely N-dealkylation sites (N-methyl/N-ethyl adjacent to an activating group) is 1. The number of rotatable bonds is 9. The number of nitrogens with zero attached hydrogens (tertiary/aromatic N) is 1. The van der Waals surface area contributed by atoms with Crippen molar-refractivity contribution in [2.24, 2.45) is 0 Å². The Morgan fingerprint density at radius 2 is 1.89 bits per heavy atom. The van der Waals surface area contributed by atoms with Gasteiger partial charge in [-0.3, -0.25) is 9.69 Å². The second-order valence-electron chi connectivity index (χ2n) is 4.33. The summed E-state index contributed by atoms with van der Waals surface area (Å²) in [6.45, 7) is 7.63. The van der Waals surface area contributed by atoms with Crippen molar-refractivity contribution in [2.75, 3.05) is 40.0 Å². The lowest BCUT2D eigenvalue weighted by Crippen LogP contribution is -2.31. The predicted molar refractivity (Wildman–Crippen MR) is 75.9 cm³/mol. The Hall–Kier alpha value is -1.39. The van der Waals surface area contributed by atoms with Crippen molar-refractivity contribution in [1.82, 2.24) is 4.90 Å². The molecule has 1 aromatic carbocycles. The molecule has 0 saturated carbocycles. The molecule has 0 saturated heterocycles. The number of hydrogen-bond donors (Lipinski definition) is 0. The fourth-order valence-corrected chi connectivity index (χ4v) is 1.82. The highest BCUT2D eigenvalue weighted by molar-refractivity contribution is 5.96. The molecular weight excluding hydrogens is 242 g/mol. The standard InChI is InChI=1S/C15H23NO3/c1-4-16(9-11-18-3)10-12-19-15-8-6-5-7-14(15)13(2)17/h5-8H,4,9-12H2,1-3H3. The Bertz CT molecular complexity index is 393. The van der Waals surface area contributed by atoms with Crippen molar-refractivity contribution in [3.63, 3.8) is 0 Å². The van der Waals surface area contributed by atoms with Crippen LogP contribution in [0.3, 0.4) is 0 Å². The lowest BCUT2D eigenvalue weighted by Gasteiger charge is -2.20. The van der Waals surface area contributed by atoms with Crippen molar-refractivity contribution in [3.8, 4) is 5.75 Å². The van der Waals surface area contributed by atoms with E-state index in [1.54, 1.807) is 20.1 Å². The minimum Gasteiger partial charge on any atom is -0.491 e. The van der Waals surface area contributed by atoms with E-state index in [0.29, 0.717) is 17.9 Å². The van der Waals surface area contributed by atoms with Crippen LogP contribution in [0.4, 0.5) is 0 Å². The van der Waals surface area contributed by atoms with Crippen LogP contribution in [0.25, 0.3) is 0 Å². The van der Waals surface area contributed by atoms with Crippen LogP contribution in [0, 0.1) is 0 Å². The lowest BCUT2D eigenvalue weighted by molar-refractivity contribution is 0.101. The zero-order valence-electron chi connectivity index (χ0n) is 12.0. The highest BCUT2D eigenvalue weighted by atomic mass is 16.5. The summed E-state index contributed by atoms with van der Waals surface area (Å²) in [5.41, 5.74) is 0.641. The highest BCUT2D eigenvalue weighted by Gasteiger charge is 2.08. The van der Waals surface area contributed by atoms with Crippen LogP contribution in [0.2, 0.25) is 0 Å². The summed E-state index contributed by atoms with van der Waals surface area (Å²) in [6.07, 6.45) is 0. The quantitative estimate of drug-likeness (QED) is 0.642. The minimum absolute atomic E-state index is 0.0299. The molecular formula is C15H23NO3. The molecule has 1 aromatic rings. The smallest absolute Gasteiger partial charge is 0.163 e. The number of benzene rings is 1.